The molecule has 0 fully saturated rings. The Morgan fingerprint density at radius 3 is 2.70 bits per heavy atom. The highest BCUT2D eigenvalue weighted by Gasteiger charge is 2.28. The van der Waals surface area contributed by atoms with Gasteiger partial charge in [0.15, 0.2) is 5.78 Å². The summed E-state index contributed by atoms with van der Waals surface area (Å²) in [5.74, 6) is 1.46. The van der Waals surface area contributed by atoms with Gasteiger partial charge in [-0.1, -0.05) is 6.07 Å². The van der Waals surface area contributed by atoms with Crippen molar-refractivity contribution < 1.29 is 9.53 Å². The number of allylic oxidation sites excluding steroid dienone is 1. The number of hydrogen-bond acceptors (Lipinski definition) is 5. The van der Waals surface area contributed by atoms with E-state index in [0.29, 0.717) is 5.56 Å². The van der Waals surface area contributed by atoms with Crippen LogP contribution in [-0.4, -0.2) is 37.5 Å². The van der Waals surface area contributed by atoms with Crippen molar-refractivity contribution in [1.82, 2.24) is 10.3 Å². The minimum atomic E-state index is -0.138. The fourth-order valence-corrected chi connectivity index (χ4v) is 3.97. The van der Waals surface area contributed by atoms with Gasteiger partial charge in [-0.25, -0.2) is 4.98 Å². The third-order valence-electron chi connectivity index (χ3n) is 4.52. The number of halogens is 1. The molecule has 0 aliphatic carbocycles. The second kappa shape index (κ2) is 7.35. The summed E-state index contributed by atoms with van der Waals surface area (Å²) in [5, 5.41) is 3.49. The average molecular weight is 430 g/mol. The number of nitrogens with one attached hydrogen (secondary N) is 1. The molecule has 6 heteroatoms. The number of ketones is 1. The van der Waals surface area contributed by atoms with Crippen molar-refractivity contribution in [3.8, 4) is 5.75 Å². The van der Waals surface area contributed by atoms with Crippen LogP contribution in [0.2, 0.25) is 0 Å². The molecule has 0 bridgehead atoms. The number of fused-ring (bicyclic) bond motifs is 1. The van der Waals surface area contributed by atoms with Gasteiger partial charge in [-0.3, -0.25) is 4.79 Å². The minimum absolute atomic E-state index is 0.0949. The molecule has 5 nitrogen and oxygen atoms in total. The summed E-state index contributed by atoms with van der Waals surface area (Å²) in [7, 11) is 5.47. The van der Waals surface area contributed by atoms with Crippen molar-refractivity contribution in [3.63, 3.8) is 0 Å². The highest BCUT2D eigenvalue weighted by atomic mass is 79.9. The summed E-state index contributed by atoms with van der Waals surface area (Å²) in [6.07, 6.45) is 4.14. The van der Waals surface area contributed by atoms with Crippen LogP contribution in [0, 0.1) is 0 Å². The van der Waals surface area contributed by atoms with Crippen molar-refractivity contribution in [2.24, 2.45) is 0 Å². The number of carbonyl (C=O) groups excluding carboxylic acids is 1. The Labute approximate surface area is 168 Å². The Morgan fingerprint density at radius 1 is 1.33 bits per heavy atom. The van der Waals surface area contributed by atoms with Crippen LogP contribution in [0.15, 0.2) is 41.0 Å². The number of nitrogens with zero attached hydrogens (tertiary/aromatic N) is 2. The maximum absolute atomic E-state index is 12.9. The first-order valence-corrected chi connectivity index (χ1v) is 9.54. The van der Waals surface area contributed by atoms with Gasteiger partial charge in [-0.2, -0.15) is 0 Å². The molecule has 2 aromatic rings. The van der Waals surface area contributed by atoms with Crippen molar-refractivity contribution in [1.29, 1.82) is 0 Å². The summed E-state index contributed by atoms with van der Waals surface area (Å²) >= 11 is 3.49. The highest BCUT2D eigenvalue weighted by molar-refractivity contribution is 9.10. The van der Waals surface area contributed by atoms with Gasteiger partial charge in [0.05, 0.1) is 11.6 Å². The van der Waals surface area contributed by atoms with Crippen molar-refractivity contribution >= 4 is 33.2 Å². The van der Waals surface area contributed by atoms with E-state index in [1.165, 1.54) is 5.56 Å². The summed E-state index contributed by atoms with van der Waals surface area (Å²) < 4.78 is 6.15. The highest BCUT2D eigenvalue weighted by Crippen LogP contribution is 2.32. The monoisotopic (exact) mass is 429 g/mol. The van der Waals surface area contributed by atoms with Crippen LogP contribution in [0.4, 0.5) is 5.82 Å². The number of pyridine rings is 1. The van der Waals surface area contributed by atoms with Crippen molar-refractivity contribution in [3.05, 3.63) is 57.7 Å². The quantitative estimate of drug-likeness (QED) is 0.586. The molecule has 1 aliphatic rings. The summed E-state index contributed by atoms with van der Waals surface area (Å²) in [5.41, 5.74) is 3.40. The molecule has 0 saturated heterocycles. The van der Waals surface area contributed by atoms with Gasteiger partial charge in [0.2, 0.25) is 0 Å². The summed E-state index contributed by atoms with van der Waals surface area (Å²) in [4.78, 5) is 19.2. The largest absolute Gasteiger partial charge is 0.497 e. The van der Waals surface area contributed by atoms with E-state index in [2.05, 4.69) is 46.1 Å². The molecule has 27 heavy (non-hydrogen) atoms. The van der Waals surface area contributed by atoms with Crippen LogP contribution in [0.3, 0.4) is 0 Å². The number of carbonyl (C=O) groups is 1. The first-order valence-electron chi connectivity index (χ1n) is 8.74. The van der Waals surface area contributed by atoms with Gasteiger partial charge in [-0.15, -0.1) is 0 Å². The minimum Gasteiger partial charge on any atom is -0.497 e. The van der Waals surface area contributed by atoms with Crippen LogP contribution in [0.1, 0.15) is 35.3 Å². The van der Waals surface area contributed by atoms with Gasteiger partial charge < -0.3 is 15.0 Å². The van der Waals surface area contributed by atoms with Crippen LogP contribution < -0.4 is 15.0 Å². The predicted molar refractivity (Wildman–Crippen MR) is 112 cm³/mol. The smallest absolute Gasteiger partial charge is 0.189 e. The van der Waals surface area contributed by atoms with Crippen molar-refractivity contribution in [2.45, 2.75) is 25.8 Å². The molecule has 1 N–H and O–H groups in total. The second-order valence-corrected chi connectivity index (χ2v) is 8.41. The van der Waals surface area contributed by atoms with E-state index in [-0.39, 0.29) is 11.3 Å². The zero-order valence-electron chi connectivity index (χ0n) is 16.3. The normalized spacial score (nSPS) is 16.4. The molecule has 142 valence electrons. The molecule has 0 radical (unpaired) electrons. The van der Waals surface area contributed by atoms with Crippen molar-refractivity contribution in [2.75, 3.05) is 26.1 Å². The number of benzene rings is 1. The first kappa shape index (κ1) is 19.4. The summed E-state index contributed by atoms with van der Waals surface area (Å²) in [6.45, 7) is 4.25. The standard InChI is InChI=1S/C21H24BrN3O2/c1-21(2)11-13-6-7-15(27-5)9-16(13)18(24-21)10-19(26)14-8-17(22)20(23-12-14)25(3)4/h6-10,12,24H,11H2,1-5H3. The lowest BCUT2D eigenvalue weighted by Gasteiger charge is -2.35. The molecular weight excluding hydrogens is 406 g/mol. The van der Waals surface area contributed by atoms with E-state index >= 15 is 0 Å². The Balaban J connectivity index is 2.01. The van der Waals surface area contributed by atoms with E-state index in [4.69, 9.17) is 4.74 Å². The van der Waals surface area contributed by atoms with E-state index in [1.807, 2.05) is 37.2 Å². The molecule has 3 rings (SSSR count). The maximum Gasteiger partial charge on any atom is 0.189 e. The average Bonchev–Trinajstić information content (AvgIpc) is 2.60. The molecule has 2 heterocycles. The third-order valence-corrected chi connectivity index (χ3v) is 5.10. The fourth-order valence-electron chi connectivity index (χ4n) is 3.26. The van der Waals surface area contributed by atoms with Gasteiger partial charge >= 0.3 is 0 Å². The Kier molecular flexibility index (Phi) is 5.29. The third kappa shape index (κ3) is 4.16. The molecule has 1 aromatic heterocycles. The molecule has 0 saturated carbocycles. The summed E-state index contributed by atoms with van der Waals surface area (Å²) in [6, 6.07) is 7.81. The van der Waals surface area contributed by atoms with Gasteiger partial charge in [0, 0.05) is 48.7 Å². The Morgan fingerprint density at radius 2 is 2.07 bits per heavy atom. The first-order chi connectivity index (χ1) is 12.7. The number of ether oxygens (including phenoxy) is 1. The number of aromatic nitrogens is 1. The molecule has 0 amide bonds. The predicted octanol–water partition coefficient (Wildman–Crippen LogP) is 4.07. The van der Waals surface area contributed by atoms with Gasteiger partial charge in [0.1, 0.15) is 11.6 Å². The molecule has 1 aliphatic heterocycles. The van der Waals surface area contributed by atoms with Gasteiger partial charge in [0.25, 0.3) is 0 Å². The second-order valence-electron chi connectivity index (χ2n) is 7.55. The molecule has 1 aromatic carbocycles. The molecule has 0 unspecified atom stereocenters. The lowest BCUT2D eigenvalue weighted by atomic mass is 9.85. The van der Waals surface area contributed by atoms with Crippen LogP contribution in [0.25, 0.3) is 5.70 Å². The van der Waals surface area contributed by atoms with E-state index in [1.54, 1.807) is 19.4 Å². The topological polar surface area (TPSA) is 54.5 Å². The Hall–Kier alpha value is -2.34. The molecule has 0 spiro atoms. The number of hydrogen-bond donors (Lipinski definition) is 1. The van der Waals surface area contributed by atoms with E-state index in [9.17, 15) is 4.79 Å². The lowest BCUT2D eigenvalue weighted by molar-refractivity contribution is 0.104. The SMILES string of the molecule is COc1ccc2c(c1)C(=CC(=O)c1cnc(N(C)C)c(Br)c1)NC(C)(C)C2. The number of rotatable bonds is 4. The van der Waals surface area contributed by atoms with E-state index in [0.717, 1.165) is 33.7 Å². The fraction of sp³-hybridized carbons (Fsp3) is 0.333. The maximum atomic E-state index is 12.9. The van der Waals surface area contributed by atoms with E-state index < -0.39 is 0 Å². The zero-order valence-corrected chi connectivity index (χ0v) is 17.8. The van der Waals surface area contributed by atoms with Gasteiger partial charge in [-0.05, 0) is 60.0 Å². The number of anilines is 1. The lowest BCUT2D eigenvalue weighted by Crippen LogP contribution is -2.43. The Bertz CT molecular complexity index is 920. The molecular formula is C21H24BrN3O2. The van der Waals surface area contributed by atoms with Crippen LogP contribution in [-0.2, 0) is 6.42 Å². The zero-order chi connectivity index (χ0) is 19.8. The number of methoxy groups -OCH3 is 1. The molecule has 0 atom stereocenters. The van der Waals surface area contributed by atoms with Crippen LogP contribution >= 0.6 is 15.9 Å². The van der Waals surface area contributed by atoms with Crippen LogP contribution in [0.5, 0.6) is 5.75 Å².